The van der Waals surface area contributed by atoms with Crippen molar-refractivity contribution in [3.8, 4) is 6.07 Å². The molecule has 1 aliphatic carbocycles. The van der Waals surface area contributed by atoms with Crippen LogP contribution in [0, 0.1) is 23.2 Å². The summed E-state index contributed by atoms with van der Waals surface area (Å²) in [6.45, 7) is 0. The standard InChI is InChI=1S/C13H19NO4S/c14-8-11-3-1-2-4-12(11)18-13(15)7-10-5-6-19(16,17)9-10/h10-12H,1-7,9H2/t10-,11-,12-/m0/s1. The fourth-order valence-corrected chi connectivity index (χ4v) is 4.73. The SMILES string of the molecule is N#C[C@@H]1CCCC[C@@H]1OC(=O)C[C@@H]1CCS(=O)(=O)C1. The van der Waals surface area contributed by atoms with Gasteiger partial charge in [0.2, 0.25) is 0 Å². The number of esters is 1. The molecule has 5 nitrogen and oxygen atoms in total. The quantitative estimate of drug-likeness (QED) is 0.732. The zero-order valence-electron chi connectivity index (χ0n) is 10.9. The minimum Gasteiger partial charge on any atom is -0.461 e. The second-order valence-corrected chi connectivity index (χ2v) is 7.75. The predicted molar refractivity (Wildman–Crippen MR) is 68.8 cm³/mol. The van der Waals surface area contributed by atoms with Gasteiger partial charge < -0.3 is 4.74 Å². The van der Waals surface area contributed by atoms with Crippen LogP contribution in [0.2, 0.25) is 0 Å². The number of hydrogen-bond donors (Lipinski definition) is 0. The number of rotatable bonds is 3. The second-order valence-electron chi connectivity index (χ2n) is 5.52. The molecule has 0 N–H and O–H groups in total. The van der Waals surface area contributed by atoms with Crippen LogP contribution in [-0.2, 0) is 19.4 Å². The zero-order valence-corrected chi connectivity index (χ0v) is 11.7. The third-order valence-electron chi connectivity index (χ3n) is 3.93. The molecule has 0 bridgehead atoms. The Bertz CT molecular complexity index is 479. The van der Waals surface area contributed by atoms with Gasteiger partial charge in [0.15, 0.2) is 9.84 Å². The molecule has 2 rings (SSSR count). The highest BCUT2D eigenvalue weighted by Gasteiger charge is 2.32. The molecule has 1 heterocycles. The maximum atomic E-state index is 11.8. The van der Waals surface area contributed by atoms with E-state index in [9.17, 15) is 13.2 Å². The molecule has 0 radical (unpaired) electrons. The number of carbonyl (C=O) groups excluding carboxylic acids is 1. The summed E-state index contributed by atoms with van der Waals surface area (Å²) >= 11 is 0. The van der Waals surface area contributed by atoms with E-state index in [2.05, 4.69) is 6.07 Å². The third-order valence-corrected chi connectivity index (χ3v) is 5.77. The maximum Gasteiger partial charge on any atom is 0.306 e. The molecule has 1 saturated carbocycles. The number of nitrogens with zero attached hydrogens (tertiary/aromatic N) is 1. The summed E-state index contributed by atoms with van der Waals surface area (Å²) in [6, 6.07) is 2.19. The van der Waals surface area contributed by atoms with E-state index >= 15 is 0 Å². The molecule has 106 valence electrons. The van der Waals surface area contributed by atoms with Crippen LogP contribution in [0.25, 0.3) is 0 Å². The average Bonchev–Trinajstić information content (AvgIpc) is 2.69. The van der Waals surface area contributed by atoms with Crippen LogP contribution in [0.3, 0.4) is 0 Å². The number of sulfone groups is 1. The molecule has 19 heavy (non-hydrogen) atoms. The van der Waals surface area contributed by atoms with Gasteiger partial charge in [-0.25, -0.2) is 8.42 Å². The molecule has 0 aromatic heterocycles. The van der Waals surface area contributed by atoms with Crippen LogP contribution in [0.15, 0.2) is 0 Å². The lowest BCUT2D eigenvalue weighted by molar-refractivity contribution is -0.153. The molecule has 0 aromatic carbocycles. The first-order valence-corrected chi connectivity index (χ1v) is 8.62. The predicted octanol–water partition coefficient (Wildman–Crippen LogP) is 1.44. The van der Waals surface area contributed by atoms with Crippen LogP contribution in [0.4, 0.5) is 0 Å². The number of hydrogen-bond acceptors (Lipinski definition) is 5. The minimum absolute atomic E-state index is 0.0917. The Morgan fingerprint density at radius 1 is 1.26 bits per heavy atom. The van der Waals surface area contributed by atoms with Crippen LogP contribution < -0.4 is 0 Å². The van der Waals surface area contributed by atoms with E-state index in [1.807, 2.05) is 0 Å². The summed E-state index contributed by atoms with van der Waals surface area (Å²) in [5.41, 5.74) is 0. The third kappa shape index (κ3) is 3.93. The summed E-state index contributed by atoms with van der Waals surface area (Å²) in [5.74, 6) is -0.398. The maximum absolute atomic E-state index is 11.8. The summed E-state index contributed by atoms with van der Waals surface area (Å²) < 4.78 is 28.0. The van der Waals surface area contributed by atoms with E-state index in [4.69, 9.17) is 10.00 Å². The minimum atomic E-state index is -2.95. The monoisotopic (exact) mass is 285 g/mol. The Hall–Kier alpha value is -1.09. The molecule has 1 aliphatic heterocycles. The first kappa shape index (κ1) is 14.3. The molecule has 0 unspecified atom stereocenters. The summed E-state index contributed by atoms with van der Waals surface area (Å²) in [7, 11) is -2.95. The molecule has 3 atom stereocenters. The highest BCUT2D eigenvalue weighted by atomic mass is 32.2. The zero-order chi connectivity index (χ0) is 13.9. The van der Waals surface area contributed by atoms with E-state index in [1.165, 1.54) is 0 Å². The molecule has 0 aromatic rings. The van der Waals surface area contributed by atoms with Crippen molar-refractivity contribution in [3.63, 3.8) is 0 Å². The van der Waals surface area contributed by atoms with E-state index in [0.29, 0.717) is 6.42 Å². The fourth-order valence-electron chi connectivity index (χ4n) is 2.87. The molecule has 6 heteroatoms. The summed E-state index contributed by atoms with van der Waals surface area (Å²) in [5, 5.41) is 9.01. The van der Waals surface area contributed by atoms with Crippen molar-refractivity contribution in [3.05, 3.63) is 0 Å². The lowest BCUT2D eigenvalue weighted by Crippen LogP contribution is -2.30. The molecule has 2 aliphatic rings. The number of carbonyl (C=O) groups is 1. The Balaban J connectivity index is 1.83. The fraction of sp³-hybridized carbons (Fsp3) is 0.846. The lowest BCUT2D eigenvalue weighted by Gasteiger charge is -2.26. The Kier molecular flexibility index (Phi) is 4.46. The van der Waals surface area contributed by atoms with Crippen LogP contribution in [0.5, 0.6) is 0 Å². The Morgan fingerprint density at radius 2 is 2.00 bits per heavy atom. The van der Waals surface area contributed by atoms with Gasteiger partial charge in [-0.3, -0.25) is 4.79 Å². The number of ether oxygens (including phenoxy) is 1. The van der Waals surface area contributed by atoms with Gasteiger partial charge in [-0.15, -0.1) is 0 Å². The molecule has 0 amide bonds. The normalized spacial score (nSPS) is 33.5. The van der Waals surface area contributed by atoms with Gasteiger partial charge >= 0.3 is 5.97 Å². The van der Waals surface area contributed by atoms with E-state index < -0.39 is 9.84 Å². The lowest BCUT2D eigenvalue weighted by atomic mass is 9.87. The molecule has 1 saturated heterocycles. The first-order valence-electron chi connectivity index (χ1n) is 6.80. The molecule has 2 fully saturated rings. The van der Waals surface area contributed by atoms with Crippen LogP contribution in [0.1, 0.15) is 38.5 Å². The summed E-state index contributed by atoms with van der Waals surface area (Å²) in [4.78, 5) is 11.8. The van der Waals surface area contributed by atoms with E-state index in [1.54, 1.807) is 0 Å². The van der Waals surface area contributed by atoms with Crippen molar-refractivity contribution in [2.75, 3.05) is 11.5 Å². The van der Waals surface area contributed by atoms with Crippen LogP contribution >= 0.6 is 0 Å². The van der Waals surface area contributed by atoms with Crippen molar-refractivity contribution in [2.45, 2.75) is 44.6 Å². The van der Waals surface area contributed by atoms with Gasteiger partial charge in [0.1, 0.15) is 6.10 Å². The van der Waals surface area contributed by atoms with Gasteiger partial charge in [-0.05, 0) is 31.6 Å². The Labute approximate surface area is 113 Å². The van der Waals surface area contributed by atoms with Gasteiger partial charge in [0, 0.05) is 6.42 Å². The Morgan fingerprint density at radius 3 is 2.63 bits per heavy atom. The number of nitriles is 1. The smallest absolute Gasteiger partial charge is 0.306 e. The van der Waals surface area contributed by atoms with Crippen molar-refractivity contribution < 1.29 is 17.9 Å². The summed E-state index contributed by atoms with van der Waals surface area (Å²) in [6.07, 6.45) is 3.92. The van der Waals surface area contributed by atoms with Crippen molar-refractivity contribution in [1.82, 2.24) is 0 Å². The van der Waals surface area contributed by atoms with Crippen LogP contribution in [-0.4, -0.2) is 32.0 Å². The van der Waals surface area contributed by atoms with Gasteiger partial charge in [-0.1, -0.05) is 6.42 Å². The van der Waals surface area contributed by atoms with Crippen molar-refractivity contribution >= 4 is 15.8 Å². The van der Waals surface area contributed by atoms with Gasteiger partial charge in [-0.2, -0.15) is 5.26 Å². The van der Waals surface area contributed by atoms with Gasteiger partial charge in [0.05, 0.1) is 23.5 Å². The molecular formula is C13H19NO4S. The van der Waals surface area contributed by atoms with Gasteiger partial charge in [0.25, 0.3) is 0 Å². The topological polar surface area (TPSA) is 84.2 Å². The first-order chi connectivity index (χ1) is 9.00. The largest absolute Gasteiger partial charge is 0.461 e. The van der Waals surface area contributed by atoms with Crippen molar-refractivity contribution in [2.24, 2.45) is 11.8 Å². The molecule has 0 spiro atoms. The molecular weight excluding hydrogens is 266 g/mol. The average molecular weight is 285 g/mol. The van der Waals surface area contributed by atoms with E-state index in [-0.39, 0.29) is 41.8 Å². The van der Waals surface area contributed by atoms with Crippen molar-refractivity contribution in [1.29, 1.82) is 5.26 Å². The van der Waals surface area contributed by atoms with E-state index in [0.717, 1.165) is 25.7 Å². The highest BCUT2D eigenvalue weighted by molar-refractivity contribution is 7.91. The highest BCUT2D eigenvalue weighted by Crippen LogP contribution is 2.28. The second kappa shape index (κ2) is 5.91.